The number of hydrogen-bond donors (Lipinski definition) is 0. The molecule has 38 heavy (non-hydrogen) atoms. The molecular weight excluding hydrogens is 464 g/mol. The molecule has 188 valence electrons. The van der Waals surface area contributed by atoms with Crippen molar-refractivity contribution in [2.75, 3.05) is 38.0 Å². The van der Waals surface area contributed by atoms with E-state index in [9.17, 15) is 5.26 Å². The summed E-state index contributed by atoms with van der Waals surface area (Å²) in [5, 5.41) is 10.6. The second kappa shape index (κ2) is 12.4. The van der Waals surface area contributed by atoms with Crippen LogP contribution >= 0.6 is 0 Å². The van der Waals surface area contributed by atoms with Gasteiger partial charge in [0, 0.05) is 45.0 Å². The van der Waals surface area contributed by atoms with Gasteiger partial charge < -0.3 is 9.80 Å². The Morgan fingerprint density at radius 2 is 1.08 bits per heavy atom. The van der Waals surface area contributed by atoms with E-state index in [0.29, 0.717) is 5.56 Å². The molecule has 0 saturated heterocycles. The minimum atomic E-state index is 0.615. The second-order valence-electron chi connectivity index (χ2n) is 9.39. The topological polar surface area (TPSA) is 43.2 Å². The summed E-state index contributed by atoms with van der Waals surface area (Å²) >= 11 is 0. The lowest BCUT2D eigenvalue weighted by Gasteiger charge is -2.11. The molecule has 0 unspecified atom stereocenters. The summed E-state index contributed by atoms with van der Waals surface area (Å²) < 4.78 is 0. The first-order valence-electron chi connectivity index (χ1n) is 12.5. The van der Waals surface area contributed by atoms with Crippen molar-refractivity contribution >= 4 is 46.6 Å². The lowest BCUT2D eigenvalue weighted by molar-refractivity contribution is 1.13. The van der Waals surface area contributed by atoms with E-state index in [1.807, 2.05) is 95.0 Å². The molecule has 4 heteroatoms. The molecule has 0 aliphatic heterocycles. The van der Waals surface area contributed by atoms with Crippen LogP contribution in [-0.4, -0.2) is 33.2 Å². The van der Waals surface area contributed by atoms with Gasteiger partial charge in [-0.05, 0) is 65.2 Å². The Morgan fingerprint density at radius 3 is 1.58 bits per heavy atom. The van der Waals surface area contributed by atoms with Crippen LogP contribution in [0.5, 0.6) is 0 Å². The highest BCUT2D eigenvalue weighted by atomic mass is 15.1. The zero-order valence-electron chi connectivity index (χ0n) is 22.3. The summed E-state index contributed by atoms with van der Waals surface area (Å²) in [5.74, 6) is 0. The van der Waals surface area contributed by atoms with Gasteiger partial charge in [-0.15, -0.1) is 0 Å². The number of fused-ring (bicyclic) bond motifs is 1. The van der Waals surface area contributed by atoms with Crippen molar-refractivity contribution in [1.82, 2.24) is 4.98 Å². The number of anilines is 2. The molecule has 1 aromatic heterocycles. The van der Waals surface area contributed by atoms with Gasteiger partial charge in [0.15, 0.2) is 0 Å². The number of hydrogen-bond acceptors (Lipinski definition) is 4. The standard InChI is InChI=1S/C34H32N4/c1-37(2)31-18-13-26(14-19-31)9-5-6-11-28-17-22-34-33(23-28)29(25-35)24-30(36-34)12-8-7-10-27-15-20-32(21-16-27)38(3)4/h5-24H,1-4H3/b9-5+,10-7+,11-6+,12-8+. The molecule has 1 heterocycles. The van der Waals surface area contributed by atoms with Crippen molar-refractivity contribution < 1.29 is 0 Å². The third kappa shape index (κ3) is 6.87. The number of pyridine rings is 1. The van der Waals surface area contributed by atoms with Crippen LogP contribution in [-0.2, 0) is 0 Å². The molecule has 4 aromatic rings. The van der Waals surface area contributed by atoms with Crippen LogP contribution < -0.4 is 9.80 Å². The minimum Gasteiger partial charge on any atom is -0.378 e. The second-order valence-corrected chi connectivity index (χ2v) is 9.39. The molecule has 0 saturated carbocycles. The molecule has 0 fully saturated rings. The largest absolute Gasteiger partial charge is 0.378 e. The Hall–Kier alpha value is -4.88. The van der Waals surface area contributed by atoms with Crippen LogP contribution in [0.1, 0.15) is 27.9 Å². The van der Waals surface area contributed by atoms with E-state index in [1.165, 1.54) is 11.4 Å². The van der Waals surface area contributed by atoms with E-state index in [1.54, 1.807) is 0 Å². The highest BCUT2D eigenvalue weighted by molar-refractivity contribution is 5.88. The molecule has 4 nitrogen and oxygen atoms in total. The van der Waals surface area contributed by atoms with Gasteiger partial charge in [0.25, 0.3) is 0 Å². The molecule has 0 atom stereocenters. The van der Waals surface area contributed by atoms with Gasteiger partial charge in [0.1, 0.15) is 0 Å². The number of rotatable bonds is 8. The smallest absolute Gasteiger partial charge is 0.0999 e. The van der Waals surface area contributed by atoms with Crippen molar-refractivity contribution in [3.05, 3.63) is 125 Å². The fourth-order valence-electron chi connectivity index (χ4n) is 3.97. The van der Waals surface area contributed by atoms with Gasteiger partial charge in [-0.3, -0.25) is 0 Å². The lowest BCUT2D eigenvalue weighted by atomic mass is 10.0. The van der Waals surface area contributed by atoms with E-state index in [4.69, 9.17) is 4.98 Å². The maximum atomic E-state index is 9.78. The Kier molecular flexibility index (Phi) is 8.53. The zero-order valence-corrected chi connectivity index (χ0v) is 22.3. The lowest BCUT2D eigenvalue weighted by Crippen LogP contribution is -2.07. The molecule has 0 spiro atoms. The highest BCUT2D eigenvalue weighted by Crippen LogP contribution is 2.22. The molecule has 0 amide bonds. The molecule has 0 bridgehead atoms. The monoisotopic (exact) mass is 496 g/mol. The summed E-state index contributed by atoms with van der Waals surface area (Å²) in [6.45, 7) is 0. The fraction of sp³-hybridized carbons (Fsp3) is 0.118. The number of allylic oxidation sites excluding steroid dienone is 4. The summed E-state index contributed by atoms with van der Waals surface area (Å²) in [5.41, 5.74) is 7.82. The fourth-order valence-corrected chi connectivity index (χ4v) is 3.97. The number of aromatic nitrogens is 1. The number of nitrogens with zero attached hydrogens (tertiary/aromatic N) is 4. The highest BCUT2D eigenvalue weighted by Gasteiger charge is 2.05. The van der Waals surface area contributed by atoms with Crippen molar-refractivity contribution in [1.29, 1.82) is 5.26 Å². The van der Waals surface area contributed by atoms with Crippen LogP contribution in [0.2, 0.25) is 0 Å². The summed E-state index contributed by atoms with van der Waals surface area (Å²) in [4.78, 5) is 8.90. The normalized spacial score (nSPS) is 11.8. The predicted octanol–water partition coefficient (Wildman–Crippen LogP) is 7.69. The van der Waals surface area contributed by atoms with Gasteiger partial charge in [0.05, 0.1) is 22.8 Å². The van der Waals surface area contributed by atoms with Crippen LogP contribution in [0.3, 0.4) is 0 Å². The van der Waals surface area contributed by atoms with Crippen molar-refractivity contribution in [3.63, 3.8) is 0 Å². The predicted molar refractivity (Wildman–Crippen MR) is 164 cm³/mol. The Labute approximate surface area is 225 Å². The van der Waals surface area contributed by atoms with Gasteiger partial charge in [0.2, 0.25) is 0 Å². The molecule has 0 N–H and O–H groups in total. The number of benzene rings is 3. The van der Waals surface area contributed by atoms with E-state index >= 15 is 0 Å². The molecule has 4 rings (SSSR count). The van der Waals surface area contributed by atoms with Crippen molar-refractivity contribution in [2.24, 2.45) is 0 Å². The van der Waals surface area contributed by atoms with Gasteiger partial charge in [-0.1, -0.05) is 72.9 Å². The van der Waals surface area contributed by atoms with Gasteiger partial charge >= 0.3 is 0 Å². The zero-order chi connectivity index (χ0) is 26.9. The first-order chi connectivity index (χ1) is 18.4. The van der Waals surface area contributed by atoms with Crippen molar-refractivity contribution in [3.8, 4) is 6.07 Å². The molecule has 0 aliphatic rings. The minimum absolute atomic E-state index is 0.615. The van der Waals surface area contributed by atoms with Crippen LogP contribution in [0, 0.1) is 11.3 Å². The van der Waals surface area contributed by atoms with Gasteiger partial charge in [-0.2, -0.15) is 5.26 Å². The molecular formula is C34H32N4. The summed E-state index contributed by atoms with van der Waals surface area (Å²) in [6.07, 6.45) is 16.1. The molecule has 0 radical (unpaired) electrons. The van der Waals surface area contributed by atoms with Gasteiger partial charge in [-0.25, -0.2) is 4.98 Å². The quantitative estimate of drug-likeness (QED) is 0.235. The van der Waals surface area contributed by atoms with E-state index in [-0.39, 0.29) is 0 Å². The molecule has 3 aromatic carbocycles. The third-order valence-corrected chi connectivity index (χ3v) is 6.15. The van der Waals surface area contributed by atoms with E-state index in [2.05, 4.69) is 70.5 Å². The Balaban J connectivity index is 1.45. The maximum Gasteiger partial charge on any atom is 0.0999 e. The summed E-state index contributed by atoms with van der Waals surface area (Å²) in [6, 6.07) is 27.0. The Morgan fingerprint density at radius 1 is 0.605 bits per heavy atom. The third-order valence-electron chi connectivity index (χ3n) is 6.15. The Bertz CT molecular complexity index is 1550. The van der Waals surface area contributed by atoms with Crippen molar-refractivity contribution in [2.45, 2.75) is 0 Å². The molecule has 0 aliphatic carbocycles. The van der Waals surface area contributed by atoms with Crippen LogP contribution in [0.4, 0.5) is 11.4 Å². The average Bonchev–Trinajstić information content (AvgIpc) is 2.93. The maximum absolute atomic E-state index is 9.78. The SMILES string of the molecule is CN(C)c1ccc(/C=C/C=C/c2ccc3nc(/C=C/C=C/c4ccc(N(C)C)cc4)cc(C#N)c3c2)cc1. The summed E-state index contributed by atoms with van der Waals surface area (Å²) in [7, 11) is 8.13. The number of nitriles is 1. The average molecular weight is 497 g/mol. The van der Waals surface area contributed by atoms with E-state index in [0.717, 1.165) is 33.3 Å². The van der Waals surface area contributed by atoms with Crippen LogP contribution in [0.25, 0.3) is 35.2 Å². The first kappa shape index (κ1) is 26.2. The van der Waals surface area contributed by atoms with E-state index < -0.39 is 0 Å². The van der Waals surface area contributed by atoms with Crippen LogP contribution in [0.15, 0.2) is 97.1 Å². The first-order valence-corrected chi connectivity index (χ1v) is 12.5.